The van der Waals surface area contributed by atoms with Crippen LogP contribution in [0.15, 0.2) is 48.7 Å². The van der Waals surface area contributed by atoms with E-state index in [1.54, 1.807) is 4.90 Å². The van der Waals surface area contributed by atoms with E-state index in [4.69, 9.17) is 0 Å². The zero-order valence-electron chi connectivity index (χ0n) is 13.2. The lowest BCUT2D eigenvalue weighted by atomic mass is 10.1. The van der Waals surface area contributed by atoms with Crippen LogP contribution >= 0.6 is 0 Å². The zero-order valence-corrected chi connectivity index (χ0v) is 13.2. The number of hydrogen-bond donors (Lipinski definition) is 1. The lowest BCUT2D eigenvalue weighted by molar-refractivity contribution is -0.139. The first-order valence-corrected chi connectivity index (χ1v) is 7.88. The van der Waals surface area contributed by atoms with Gasteiger partial charge in [0.1, 0.15) is 11.9 Å². The molecular formula is C18H21N3O2. The first-order chi connectivity index (χ1) is 11.1. The van der Waals surface area contributed by atoms with E-state index in [-0.39, 0.29) is 5.91 Å². The molecule has 1 amide bonds. The molecule has 1 aliphatic heterocycles. The van der Waals surface area contributed by atoms with Gasteiger partial charge in [-0.3, -0.25) is 4.79 Å². The predicted molar refractivity (Wildman–Crippen MR) is 90.1 cm³/mol. The molecule has 1 aliphatic rings. The van der Waals surface area contributed by atoms with Crippen LogP contribution < -0.4 is 4.90 Å². The summed E-state index contributed by atoms with van der Waals surface area (Å²) in [4.78, 5) is 20.2. The van der Waals surface area contributed by atoms with Gasteiger partial charge in [0.2, 0.25) is 0 Å². The molecule has 3 rings (SSSR count). The number of aromatic nitrogens is 1. The fourth-order valence-electron chi connectivity index (χ4n) is 2.82. The van der Waals surface area contributed by atoms with Gasteiger partial charge in [0, 0.05) is 32.4 Å². The molecule has 2 heterocycles. The van der Waals surface area contributed by atoms with Crippen molar-refractivity contribution >= 4 is 11.7 Å². The maximum atomic E-state index is 11.8. The summed E-state index contributed by atoms with van der Waals surface area (Å²) in [6.45, 7) is 4.19. The third kappa shape index (κ3) is 3.51. The SMILES string of the molecule is C[C@@H](O)C(=O)N1CCN(c2cc(-c3ccccc3)ccn2)CC1. The van der Waals surface area contributed by atoms with Gasteiger partial charge in [-0.05, 0) is 30.2 Å². The van der Waals surface area contributed by atoms with Gasteiger partial charge in [0.15, 0.2) is 0 Å². The van der Waals surface area contributed by atoms with Crippen molar-refractivity contribution < 1.29 is 9.90 Å². The molecule has 0 saturated carbocycles. The minimum atomic E-state index is -0.930. The van der Waals surface area contributed by atoms with Gasteiger partial charge < -0.3 is 14.9 Å². The maximum absolute atomic E-state index is 11.8. The van der Waals surface area contributed by atoms with Crippen LogP contribution in [0.2, 0.25) is 0 Å². The van der Waals surface area contributed by atoms with Crippen LogP contribution in [0.25, 0.3) is 11.1 Å². The average Bonchev–Trinajstić information content (AvgIpc) is 2.62. The average molecular weight is 311 g/mol. The molecule has 1 aromatic heterocycles. The van der Waals surface area contributed by atoms with Crippen molar-refractivity contribution in [3.8, 4) is 11.1 Å². The Morgan fingerprint density at radius 3 is 2.43 bits per heavy atom. The van der Waals surface area contributed by atoms with Gasteiger partial charge >= 0.3 is 0 Å². The van der Waals surface area contributed by atoms with Crippen molar-refractivity contribution in [2.45, 2.75) is 13.0 Å². The summed E-state index contributed by atoms with van der Waals surface area (Å²) >= 11 is 0. The number of anilines is 1. The minimum Gasteiger partial charge on any atom is -0.384 e. The fraction of sp³-hybridized carbons (Fsp3) is 0.333. The maximum Gasteiger partial charge on any atom is 0.251 e. The lowest BCUT2D eigenvalue weighted by Gasteiger charge is -2.36. The normalized spacial score (nSPS) is 16.3. The molecule has 1 saturated heterocycles. The molecule has 0 aliphatic carbocycles. The van der Waals surface area contributed by atoms with Gasteiger partial charge in [-0.1, -0.05) is 30.3 Å². The largest absolute Gasteiger partial charge is 0.384 e. The smallest absolute Gasteiger partial charge is 0.251 e. The van der Waals surface area contributed by atoms with E-state index in [0.29, 0.717) is 13.1 Å². The van der Waals surface area contributed by atoms with E-state index in [9.17, 15) is 9.90 Å². The van der Waals surface area contributed by atoms with Crippen molar-refractivity contribution in [1.29, 1.82) is 0 Å². The van der Waals surface area contributed by atoms with Gasteiger partial charge in [0.05, 0.1) is 0 Å². The highest BCUT2D eigenvalue weighted by atomic mass is 16.3. The molecule has 120 valence electrons. The molecule has 0 unspecified atom stereocenters. The third-order valence-corrected chi connectivity index (χ3v) is 4.13. The second-order valence-electron chi connectivity index (χ2n) is 5.76. The number of pyridine rings is 1. The summed E-state index contributed by atoms with van der Waals surface area (Å²) in [5.41, 5.74) is 2.30. The van der Waals surface area contributed by atoms with Crippen LogP contribution in [0, 0.1) is 0 Å². The van der Waals surface area contributed by atoms with Gasteiger partial charge in [-0.2, -0.15) is 0 Å². The summed E-state index contributed by atoms with van der Waals surface area (Å²) in [5, 5.41) is 9.40. The van der Waals surface area contributed by atoms with Crippen LogP contribution in [-0.4, -0.2) is 53.2 Å². The van der Waals surface area contributed by atoms with Gasteiger partial charge in [-0.25, -0.2) is 4.98 Å². The number of carbonyl (C=O) groups is 1. The molecule has 2 aromatic rings. The number of aliphatic hydroxyl groups excluding tert-OH is 1. The Kier molecular flexibility index (Phi) is 4.57. The Labute approximate surface area is 136 Å². The van der Waals surface area contributed by atoms with Gasteiger partial charge in [0.25, 0.3) is 5.91 Å². The number of rotatable bonds is 3. The number of hydrogen-bond acceptors (Lipinski definition) is 4. The summed E-state index contributed by atoms with van der Waals surface area (Å²) in [6.07, 6.45) is 0.895. The summed E-state index contributed by atoms with van der Waals surface area (Å²) < 4.78 is 0. The fourth-order valence-corrected chi connectivity index (χ4v) is 2.82. The van der Waals surface area contributed by atoms with Crippen LogP contribution in [0.4, 0.5) is 5.82 Å². The molecule has 1 N–H and O–H groups in total. The van der Waals surface area contributed by atoms with Crippen LogP contribution in [-0.2, 0) is 4.79 Å². The Balaban J connectivity index is 1.71. The third-order valence-electron chi connectivity index (χ3n) is 4.13. The van der Waals surface area contributed by atoms with E-state index in [2.05, 4.69) is 28.1 Å². The second kappa shape index (κ2) is 6.79. The quantitative estimate of drug-likeness (QED) is 0.939. The van der Waals surface area contributed by atoms with E-state index in [1.807, 2.05) is 30.5 Å². The standard InChI is InChI=1S/C18H21N3O2/c1-14(22)18(23)21-11-9-20(10-12-21)17-13-16(7-8-19-17)15-5-3-2-4-6-15/h2-8,13-14,22H,9-12H2,1H3/t14-/m1/s1. The Morgan fingerprint density at radius 2 is 1.78 bits per heavy atom. The molecule has 5 nitrogen and oxygen atoms in total. The highest BCUT2D eigenvalue weighted by molar-refractivity contribution is 5.80. The van der Waals surface area contributed by atoms with Crippen LogP contribution in [0.1, 0.15) is 6.92 Å². The van der Waals surface area contributed by atoms with Crippen LogP contribution in [0.5, 0.6) is 0 Å². The first-order valence-electron chi connectivity index (χ1n) is 7.88. The van der Waals surface area contributed by atoms with Crippen LogP contribution in [0.3, 0.4) is 0 Å². The number of piperazine rings is 1. The first kappa shape index (κ1) is 15.5. The molecule has 0 radical (unpaired) electrons. The summed E-state index contributed by atoms with van der Waals surface area (Å²) in [5.74, 6) is 0.728. The number of benzene rings is 1. The minimum absolute atomic E-state index is 0.198. The molecule has 0 bridgehead atoms. The van der Waals surface area contributed by atoms with Crippen molar-refractivity contribution in [3.05, 3.63) is 48.7 Å². The molecule has 0 spiro atoms. The number of carbonyl (C=O) groups excluding carboxylic acids is 1. The van der Waals surface area contributed by atoms with E-state index >= 15 is 0 Å². The van der Waals surface area contributed by atoms with E-state index in [0.717, 1.165) is 24.5 Å². The van der Waals surface area contributed by atoms with E-state index in [1.165, 1.54) is 12.5 Å². The monoisotopic (exact) mass is 311 g/mol. The summed E-state index contributed by atoms with van der Waals surface area (Å²) in [6, 6.07) is 14.3. The van der Waals surface area contributed by atoms with Crippen molar-refractivity contribution in [1.82, 2.24) is 9.88 Å². The zero-order chi connectivity index (χ0) is 16.2. The van der Waals surface area contributed by atoms with Gasteiger partial charge in [-0.15, -0.1) is 0 Å². The van der Waals surface area contributed by atoms with Crippen molar-refractivity contribution in [2.75, 3.05) is 31.1 Å². The highest BCUT2D eigenvalue weighted by Gasteiger charge is 2.24. The Bertz CT molecular complexity index is 665. The summed E-state index contributed by atoms with van der Waals surface area (Å²) in [7, 11) is 0. The highest BCUT2D eigenvalue weighted by Crippen LogP contribution is 2.23. The lowest BCUT2D eigenvalue weighted by Crippen LogP contribution is -2.51. The molecule has 5 heteroatoms. The molecule has 1 atom stereocenters. The molecule has 1 fully saturated rings. The molecule has 23 heavy (non-hydrogen) atoms. The van der Waals surface area contributed by atoms with Crippen molar-refractivity contribution in [3.63, 3.8) is 0 Å². The number of nitrogens with zero attached hydrogens (tertiary/aromatic N) is 3. The Morgan fingerprint density at radius 1 is 1.09 bits per heavy atom. The Hall–Kier alpha value is -2.40. The predicted octanol–water partition coefficient (Wildman–Crippen LogP) is 1.78. The van der Waals surface area contributed by atoms with E-state index < -0.39 is 6.10 Å². The number of amides is 1. The van der Waals surface area contributed by atoms with Crippen molar-refractivity contribution in [2.24, 2.45) is 0 Å². The molecule has 1 aromatic carbocycles. The second-order valence-corrected chi connectivity index (χ2v) is 5.76. The number of aliphatic hydroxyl groups is 1. The molecular weight excluding hydrogens is 290 g/mol. The topological polar surface area (TPSA) is 56.7 Å².